The van der Waals surface area contributed by atoms with Crippen LogP contribution in [0.5, 0.6) is 0 Å². The molecule has 3 aromatic rings. The molecule has 1 saturated heterocycles. The smallest absolute Gasteiger partial charge is 0.359 e. The van der Waals surface area contributed by atoms with Crippen LogP contribution in [0.15, 0.2) is 59.1 Å². The van der Waals surface area contributed by atoms with Crippen molar-refractivity contribution in [1.29, 1.82) is 0 Å². The Morgan fingerprint density at radius 3 is 2.20 bits per heavy atom. The van der Waals surface area contributed by atoms with E-state index in [0.29, 0.717) is 36.8 Å². The van der Waals surface area contributed by atoms with Crippen molar-refractivity contribution in [3.05, 3.63) is 76.5 Å². The maximum Gasteiger partial charge on any atom is 0.416 e. The Balaban J connectivity index is 1.32. The second-order valence-corrected chi connectivity index (χ2v) is 7.83. The van der Waals surface area contributed by atoms with E-state index in [1.54, 1.807) is 24.3 Å². The molecule has 0 aliphatic carbocycles. The van der Waals surface area contributed by atoms with Crippen LogP contribution in [0.1, 0.15) is 16.9 Å². The summed E-state index contributed by atoms with van der Waals surface area (Å²) in [6, 6.07) is 15.1. The largest absolute Gasteiger partial charge is 0.416 e. The maximum atomic E-state index is 13.2. The number of piperazine rings is 1. The van der Waals surface area contributed by atoms with E-state index >= 15 is 0 Å². The zero-order chi connectivity index (χ0) is 21.1. The molecule has 0 saturated carbocycles. The topological polar surface area (TPSA) is 32.5 Å². The monoisotopic (exact) mass is 435 g/mol. The van der Waals surface area contributed by atoms with Gasteiger partial charge in [0, 0.05) is 49.4 Å². The molecular formula is C22H21ClF3N3O. The number of aromatic nitrogens is 1. The third-order valence-corrected chi connectivity index (χ3v) is 5.51. The van der Waals surface area contributed by atoms with Crippen molar-refractivity contribution in [1.82, 2.24) is 15.0 Å². The van der Waals surface area contributed by atoms with E-state index in [-0.39, 0.29) is 0 Å². The summed E-state index contributed by atoms with van der Waals surface area (Å²) in [6.07, 6.45) is -4.33. The van der Waals surface area contributed by atoms with E-state index in [9.17, 15) is 13.2 Å². The average Bonchev–Trinajstić information content (AvgIpc) is 3.18. The summed E-state index contributed by atoms with van der Waals surface area (Å²) in [5.41, 5.74) is 1.46. The molecule has 0 atom stereocenters. The van der Waals surface area contributed by atoms with Gasteiger partial charge in [0.05, 0.1) is 12.1 Å². The molecule has 0 N–H and O–H groups in total. The van der Waals surface area contributed by atoms with Crippen molar-refractivity contribution in [3.8, 4) is 11.3 Å². The van der Waals surface area contributed by atoms with E-state index < -0.39 is 11.7 Å². The maximum absolute atomic E-state index is 13.2. The second-order valence-electron chi connectivity index (χ2n) is 7.39. The summed E-state index contributed by atoms with van der Waals surface area (Å²) >= 11 is 5.92. The van der Waals surface area contributed by atoms with Crippen molar-refractivity contribution < 1.29 is 17.7 Å². The van der Waals surface area contributed by atoms with E-state index in [4.69, 9.17) is 16.1 Å². The fourth-order valence-electron chi connectivity index (χ4n) is 3.65. The normalized spacial score (nSPS) is 16.1. The van der Waals surface area contributed by atoms with Crippen molar-refractivity contribution in [2.75, 3.05) is 26.2 Å². The van der Waals surface area contributed by atoms with Gasteiger partial charge in [0.25, 0.3) is 0 Å². The standard InChI is InChI=1S/C22H21ClF3N3O/c23-18-7-5-16(6-8-18)21-13-19(30-27-21)15-29-11-9-28(10-12-29)14-17-3-1-2-4-20(17)22(24,25)26/h1-8,13H,9-12,14-15H2. The highest BCUT2D eigenvalue weighted by Gasteiger charge is 2.33. The molecule has 2 heterocycles. The van der Waals surface area contributed by atoms with Gasteiger partial charge in [-0.1, -0.05) is 47.1 Å². The number of rotatable bonds is 5. The van der Waals surface area contributed by atoms with Crippen molar-refractivity contribution in [3.63, 3.8) is 0 Å². The van der Waals surface area contributed by atoms with E-state index in [1.165, 1.54) is 6.07 Å². The molecule has 158 valence electrons. The van der Waals surface area contributed by atoms with Gasteiger partial charge < -0.3 is 4.52 Å². The predicted molar refractivity (Wildman–Crippen MR) is 109 cm³/mol. The number of nitrogens with zero attached hydrogens (tertiary/aromatic N) is 3. The molecule has 8 heteroatoms. The van der Waals surface area contributed by atoms with Gasteiger partial charge in [0.2, 0.25) is 0 Å². The molecule has 30 heavy (non-hydrogen) atoms. The molecule has 4 nitrogen and oxygen atoms in total. The van der Waals surface area contributed by atoms with E-state index in [2.05, 4.69) is 15.0 Å². The van der Waals surface area contributed by atoms with Crippen LogP contribution in [0.25, 0.3) is 11.3 Å². The van der Waals surface area contributed by atoms with Crippen LogP contribution in [-0.4, -0.2) is 41.1 Å². The van der Waals surface area contributed by atoms with E-state index in [1.807, 2.05) is 18.2 Å². The van der Waals surface area contributed by atoms with Gasteiger partial charge >= 0.3 is 6.18 Å². The van der Waals surface area contributed by atoms with Crippen LogP contribution in [0.2, 0.25) is 5.02 Å². The van der Waals surface area contributed by atoms with Crippen LogP contribution >= 0.6 is 11.6 Å². The number of hydrogen-bond donors (Lipinski definition) is 0. The fourth-order valence-corrected chi connectivity index (χ4v) is 3.77. The number of benzene rings is 2. The summed E-state index contributed by atoms with van der Waals surface area (Å²) in [5, 5.41) is 4.79. The zero-order valence-electron chi connectivity index (χ0n) is 16.2. The Hall–Kier alpha value is -2.35. The minimum absolute atomic E-state index is 0.298. The van der Waals surface area contributed by atoms with Gasteiger partial charge in [-0.3, -0.25) is 9.80 Å². The van der Waals surface area contributed by atoms with Gasteiger partial charge in [0.15, 0.2) is 5.76 Å². The molecule has 1 aliphatic heterocycles. The lowest BCUT2D eigenvalue weighted by Gasteiger charge is -2.34. The van der Waals surface area contributed by atoms with Crippen LogP contribution < -0.4 is 0 Å². The lowest BCUT2D eigenvalue weighted by molar-refractivity contribution is -0.138. The number of alkyl halides is 3. The Labute approximate surface area is 177 Å². The zero-order valence-corrected chi connectivity index (χ0v) is 17.0. The molecule has 1 aromatic heterocycles. The second kappa shape index (κ2) is 8.79. The van der Waals surface area contributed by atoms with Gasteiger partial charge in [-0.25, -0.2) is 0 Å². The van der Waals surface area contributed by atoms with Crippen LogP contribution in [0.3, 0.4) is 0 Å². The summed E-state index contributed by atoms with van der Waals surface area (Å²) in [6.45, 7) is 3.82. The highest BCUT2D eigenvalue weighted by molar-refractivity contribution is 6.30. The van der Waals surface area contributed by atoms with Crippen molar-refractivity contribution in [2.24, 2.45) is 0 Å². The summed E-state index contributed by atoms with van der Waals surface area (Å²) in [7, 11) is 0. The Kier molecular flexibility index (Phi) is 6.13. The molecule has 0 unspecified atom stereocenters. The molecule has 4 rings (SSSR count). The van der Waals surface area contributed by atoms with Gasteiger partial charge in [-0.05, 0) is 23.8 Å². The molecule has 0 radical (unpaired) electrons. The predicted octanol–water partition coefficient (Wildman–Crippen LogP) is 5.33. The number of hydrogen-bond acceptors (Lipinski definition) is 4. The van der Waals surface area contributed by atoms with Gasteiger partial charge in [-0.2, -0.15) is 13.2 Å². The Morgan fingerprint density at radius 1 is 0.900 bits per heavy atom. The lowest BCUT2D eigenvalue weighted by atomic mass is 10.1. The molecule has 2 aromatic carbocycles. The first-order chi connectivity index (χ1) is 14.4. The van der Waals surface area contributed by atoms with Crippen LogP contribution in [-0.2, 0) is 19.3 Å². The third-order valence-electron chi connectivity index (χ3n) is 5.26. The lowest BCUT2D eigenvalue weighted by Crippen LogP contribution is -2.45. The third kappa shape index (κ3) is 5.03. The first kappa shape index (κ1) is 20.9. The molecule has 1 aliphatic rings. The summed E-state index contributed by atoms with van der Waals surface area (Å²) in [5.74, 6) is 0.760. The molecule has 1 fully saturated rings. The Morgan fingerprint density at radius 2 is 1.53 bits per heavy atom. The summed E-state index contributed by atoms with van der Waals surface area (Å²) in [4.78, 5) is 4.28. The molecule has 0 spiro atoms. The number of halogens is 4. The first-order valence-corrected chi connectivity index (χ1v) is 10.1. The average molecular weight is 436 g/mol. The Bertz CT molecular complexity index is 980. The molecule has 0 bridgehead atoms. The van der Waals surface area contributed by atoms with Gasteiger partial charge in [0.1, 0.15) is 5.69 Å². The minimum Gasteiger partial charge on any atom is -0.359 e. The van der Waals surface area contributed by atoms with Crippen LogP contribution in [0.4, 0.5) is 13.2 Å². The van der Waals surface area contributed by atoms with E-state index in [0.717, 1.165) is 36.2 Å². The van der Waals surface area contributed by atoms with Crippen molar-refractivity contribution >= 4 is 11.6 Å². The molecule has 0 amide bonds. The summed E-state index contributed by atoms with van der Waals surface area (Å²) < 4.78 is 45.1. The first-order valence-electron chi connectivity index (χ1n) is 9.70. The SMILES string of the molecule is FC(F)(F)c1ccccc1CN1CCN(Cc2cc(-c3ccc(Cl)cc3)no2)CC1. The minimum atomic E-state index is -4.33. The van der Waals surface area contributed by atoms with Crippen LogP contribution in [0, 0.1) is 0 Å². The van der Waals surface area contributed by atoms with Crippen molar-refractivity contribution in [2.45, 2.75) is 19.3 Å². The van der Waals surface area contributed by atoms with Gasteiger partial charge in [-0.15, -0.1) is 0 Å². The molecular weight excluding hydrogens is 415 g/mol. The quantitative estimate of drug-likeness (QED) is 0.542. The fraction of sp³-hybridized carbons (Fsp3) is 0.318. The highest BCUT2D eigenvalue weighted by atomic mass is 35.5. The highest BCUT2D eigenvalue weighted by Crippen LogP contribution is 2.32.